The number of benzene rings is 1. The van der Waals surface area contributed by atoms with E-state index in [4.69, 9.17) is 9.47 Å². The first-order valence-electron chi connectivity index (χ1n) is 7.65. The standard InChI is InChI=1S/C17H26O2/c1-3-14(2)7-8-15-9-11-16(12-10-15)19-17-6-4-5-13-18-17/h9-12,14,17H,3-8,13H2,1-2H3. The van der Waals surface area contributed by atoms with Crippen LogP contribution in [0.15, 0.2) is 24.3 Å². The summed E-state index contributed by atoms with van der Waals surface area (Å²) in [6.45, 7) is 5.40. The average Bonchev–Trinajstić information content (AvgIpc) is 2.47. The van der Waals surface area contributed by atoms with Crippen molar-refractivity contribution in [3.8, 4) is 5.75 Å². The zero-order valence-corrected chi connectivity index (χ0v) is 12.2. The van der Waals surface area contributed by atoms with E-state index in [1.54, 1.807) is 0 Å². The summed E-state index contributed by atoms with van der Waals surface area (Å²) in [7, 11) is 0. The molecule has 19 heavy (non-hydrogen) atoms. The molecule has 0 spiro atoms. The van der Waals surface area contributed by atoms with E-state index < -0.39 is 0 Å². The zero-order valence-electron chi connectivity index (χ0n) is 12.2. The van der Waals surface area contributed by atoms with E-state index in [1.165, 1.54) is 24.8 Å². The first-order chi connectivity index (χ1) is 9.28. The minimum absolute atomic E-state index is 0.0419. The van der Waals surface area contributed by atoms with Gasteiger partial charge in [0, 0.05) is 6.42 Å². The Balaban J connectivity index is 1.80. The van der Waals surface area contributed by atoms with Gasteiger partial charge in [-0.25, -0.2) is 0 Å². The van der Waals surface area contributed by atoms with Gasteiger partial charge in [0.25, 0.3) is 0 Å². The summed E-state index contributed by atoms with van der Waals surface area (Å²) in [6.07, 6.45) is 7.03. The summed E-state index contributed by atoms with van der Waals surface area (Å²) in [5, 5.41) is 0. The van der Waals surface area contributed by atoms with Gasteiger partial charge < -0.3 is 9.47 Å². The first kappa shape index (κ1) is 14.4. The van der Waals surface area contributed by atoms with Gasteiger partial charge in [0.2, 0.25) is 0 Å². The molecule has 2 nitrogen and oxygen atoms in total. The van der Waals surface area contributed by atoms with Crippen molar-refractivity contribution >= 4 is 0 Å². The smallest absolute Gasteiger partial charge is 0.199 e. The molecule has 0 aromatic heterocycles. The maximum Gasteiger partial charge on any atom is 0.199 e. The Morgan fingerprint density at radius 2 is 2.05 bits per heavy atom. The van der Waals surface area contributed by atoms with Crippen LogP contribution in [0, 0.1) is 5.92 Å². The van der Waals surface area contributed by atoms with Gasteiger partial charge in [-0.05, 0) is 49.3 Å². The van der Waals surface area contributed by atoms with E-state index in [0.29, 0.717) is 0 Å². The molecule has 0 aliphatic carbocycles. The third-order valence-corrected chi connectivity index (χ3v) is 3.95. The second kappa shape index (κ2) is 7.54. The van der Waals surface area contributed by atoms with Crippen LogP contribution in [0.1, 0.15) is 51.5 Å². The SMILES string of the molecule is CCC(C)CCc1ccc(OC2CCCCO2)cc1. The van der Waals surface area contributed by atoms with Crippen LogP contribution in [0.3, 0.4) is 0 Å². The zero-order chi connectivity index (χ0) is 13.5. The molecule has 1 fully saturated rings. The fourth-order valence-electron chi connectivity index (χ4n) is 2.31. The molecule has 1 heterocycles. The molecule has 2 heteroatoms. The molecule has 0 radical (unpaired) electrons. The second-order valence-corrected chi connectivity index (χ2v) is 5.61. The Morgan fingerprint density at radius 3 is 2.68 bits per heavy atom. The van der Waals surface area contributed by atoms with Crippen LogP contribution in [-0.4, -0.2) is 12.9 Å². The lowest BCUT2D eigenvalue weighted by Gasteiger charge is -2.23. The molecule has 2 rings (SSSR count). The van der Waals surface area contributed by atoms with E-state index in [-0.39, 0.29) is 6.29 Å². The molecule has 2 atom stereocenters. The molecule has 1 saturated heterocycles. The molecule has 1 aliphatic heterocycles. The fraction of sp³-hybridized carbons (Fsp3) is 0.647. The lowest BCUT2D eigenvalue weighted by atomic mass is 9.99. The number of aryl methyl sites for hydroxylation is 1. The van der Waals surface area contributed by atoms with Crippen LogP contribution in [-0.2, 0) is 11.2 Å². The Hall–Kier alpha value is -1.02. The molecule has 2 unspecified atom stereocenters. The second-order valence-electron chi connectivity index (χ2n) is 5.61. The average molecular weight is 262 g/mol. The molecule has 0 N–H and O–H groups in total. The van der Waals surface area contributed by atoms with Crippen molar-refractivity contribution in [1.82, 2.24) is 0 Å². The maximum atomic E-state index is 5.83. The lowest BCUT2D eigenvalue weighted by molar-refractivity contribution is -0.105. The van der Waals surface area contributed by atoms with Crippen LogP contribution >= 0.6 is 0 Å². The van der Waals surface area contributed by atoms with E-state index in [9.17, 15) is 0 Å². The minimum Gasteiger partial charge on any atom is -0.465 e. The largest absolute Gasteiger partial charge is 0.465 e. The predicted molar refractivity (Wildman–Crippen MR) is 78.4 cm³/mol. The lowest BCUT2D eigenvalue weighted by Crippen LogP contribution is -2.24. The van der Waals surface area contributed by atoms with Crippen LogP contribution < -0.4 is 4.74 Å². The molecule has 1 aliphatic rings. The Kier molecular flexibility index (Phi) is 5.71. The van der Waals surface area contributed by atoms with Crippen LogP contribution in [0.2, 0.25) is 0 Å². The van der Waals surface area contributed by atoms with E-state index in [1.807, 2.05) is 0 Å². The van der Waals surface area contributed by atoms with E-state index >= 15 is 0 Å². The third-order valence-electron chi connectivity index (χ3n) is 3.95. The number of hydrogen-bond acceptors (Lipinski definition) is 2. The number of hydrogen-bond donors (Lipinski definition) is 0. The summed E-state index contributed by atoms with van der Waals surface area (Å²) in [5.74, 6) is 1.74. The quantitative estimate of drug-likeness (QED) is 0.747. The normalized spacial score (nSPS) is 21.1. The van der Waals surface area contributed by atoms with Gasteiger partial charge >= 0.3 is 0 Å². The summed E-state index contributed by atoms with van der Waals surface area (Å²) in [6, 6.07) is 8.51. The third kappa shape index (κ3) is 4.87. The highest BCUT2D eigenvalue weighted by Gasteiger charge is 2.14. The van der Waals surface area contributed by atoms with Gasteiger partial charge in [-0.15, -0.1) is 0 Å². The molecule has 1 aromatic carbocycles. The van der Waals surface area contributed by atoms with Crippen molar-refractivity contribution in [2.45, 2.75) is 58.7 Å². The van der Waals surface area contributed by atoms with Crippen molar-refractivity contribution in [3.63, 3.8) is 0 Å². The van der Waals surface area contributed by atoms with Gasteiger partial charge in [-0.1, -0.05) is 32.4 Å². The molecular formula is C17H26O2. The highest BCUT2D eigenvalue weighted by atomic mass is 16.7. The summed E-state index contributed by atoms with van der Waals surface area (Å²) in [4.78, 5) is 0. The van der Waals surface area contributed by atoms with Gasteiger partial charge in [-0.3, -0.25) is 0 Å². The van der Waals surface area contributed by atoms with Crippen molar-refractivity contribution in [3.05, 3.63) is 29.8 Å². The highest BCUT2D eigenvalue weighted by molar-refractivity contribution is 5.27. The Morgan fingerprint density at radius 1 is 1.26 bits per heavy atom. The van der Waals surface area contributed by atoms with Crippen LogP contribution in [0.4, 0.5) is 0 Å². The predicted octanol–water partition coefficient (Wildman–Crippen LogP) is 4.57. The van der Waals surface area contributed by atoms with Gasteiger partial charge in [0.1, 0.15) is 5.75 Å². The Bertz CT molecular complexity index is 352. The van der Waals surface area contributed by atoms with E-state index in [2.05, 4.69) is 38.1 Å². The topological polar surface area (TPSA) is 18.5 Å². The van der Waals surface area contributed by atoms with Gasteiger partial charge in [-0.2, -0.15) is 0 Å². The highest BCUT2D eigenvalue weighted by Crippen LogP contribution is 2.20. The van der Waals surface area contributed by atoms with Crippen molar-refractivity contribution in [2.24, 2.45) is 5.92 Å². The molecule has 106 valence electrons. The maximum absolute atomic E-state index is 5.83. The minimum atomic E-state index is -0.0419. The van der Waals surface area contributed by atoms with Crippen LogP contribution in [0.25, 0.3) is 0 Å². The fourth-order valence-corrected chi connectivity index (χ4v) is 2.31. The molecule has 1 aromatic rings. The molecule has 0 amide bonds. The number of ether oxygens (including phenoxy) is 2. The van der Waals surface area contributed by atoms with Crippen molar-refractivity contribution < 1.29 is 9.47 Å². The summed E-state index contributed by atoms with van der Waals surface area (Å²) < 4.78 is 11.4. The van der Waals surface area contributed by atoms with Gasteiger partial charge in [0.15, 0.2) is 6.29 Å². The molecular weight excluding hydrogens is 236 g/mol. The van der Waals surface area contributed by atoms with E-state index in [0.717, 1.165) is 37.5 Å². The number of rotatable bonds is 6. The molecule has 0 bridgehead atoms. The first-order valence-corrected chi connectivity index (χ1v) is 7.65. The monoisotopic (exact) mass is 262 g/mol. The summed E-state index contributed by atoms with van der Waals surface area (Å²) >= 11 is 0. The van der Waals surface area contributed by atoms with Crippen LogP contribution in [0.5, 0.6) is 5.75 Å². The van der Waals surface area contributed by atoms with Crippen molar-refractivity contribution in [1.29, 1.82) is 0 Å². The van der Waals surface area contributed by atoms with Crippen molar-refractivity contribution in [2.75, 3.05) is 6.61 Å². The Labute approximate surface area is 117 Å². The summed E-state index contributed by atoms with van der Waals surface area (Å²) in [5.41, 5.74) is 1.40. The van der Waals surface area contributed by atoms with Gasteiger partial charge in [0.05, 0.1) is 6.61 Å². The molecule has 0 saturated carbocycles.